The van der Waals surface area contributed by atoms with Crippen molar-refractivity contribution in [3.63, 3.8) is 0 Å². The zero-order valence-corrected chi connectivity index (χ0v) is 15.8. The number of benzene rings is 2. The molecular weight excluding hydrogens is 378 g/mol. The molecule has 2 aromatic carbocycles. The number of anilines is 1. The van der Waals surface area contributed by atoms with E-state index in [9.17, 15) is 13.2 Å². The standard InChI is InChI=1S/C17H18ClN3O4S/c1-10-7-12-8-13(25-2)4-6-15(12)21(10)20-17(22)11-3-5-14(18)16(9-11)26(19,23)24/h3-6,8-10H,7H2,1-2H3,(H,20,22)(H2,19,23,24). The fourth-order valence-corrected chi connectivity index (χ4v) is 4.01. The first-order valence-corrected chi connectivity index (χ1v) is 9.72. The molecule has 0 saturated carbocycles. The number of hydrogen-bond donors (Lipinski definition) is 2. The highest BCUT2D eigenvalue weighted by atomic mass is 35.5. The van der Waals surface area contributed by atoms with Gasteiger partial charge < -0.3 is 4.74 Å². The van der Waals surface area contributed by atoms with E-state index < -0.39 is 15.9 Å². The molecule has 26 heavy (non-hydrogen) atoms. The number of ether oxygens (including phenoxy) is 1. The van der Waals surface area contributed by atoms with Gasteiger partial charge in [-0.2, -0.15) is 0 Å². The Morgan fingerprint density at radius 1 is 1.31 bits per heavy atom. The molecule has 1 unspecified atom stereocenters. The number of methoxy groups -OCH3 is 1. The van der Waals surface area contributed by atoms with Crippen LogP contribution in [0.4, 0.5) is 5.69 Å². The lowest BCUT2D eigenvalue weighted by Crippen LogP contribution is -2.45. The molecule has 1 aliphatic rings. The van der Waals surface area contributed by atoms with E-state index in [0.29, 0.717) is 0 Å². The summed E-state index contributed by atoms with van der Waals surface area (Å²) in [6, 6.07) is 9.60. The lowest BCUT2D eigenvalue weighted by Gasteiger charge is -2.25. The smallest absolute Gasteiger partial charge is 0.269 e. The maximum atomic E-state index is 12.6. The van der Waals surface area contributed by atoms with E-state index in [-0.39, 0.29) is 21.5 Å². The van der Waals surface area contributed by atoms with Gasteiger partial charge in [-0.05, 0) is 55.3 Å². The summed E-state index contributed by atoms with van der Waals surface area (Å²) < 4.78 is 28.4. The number of hydrogen-bond acceptors (Lipinski definition) is 5. The Balaban J connectivity index is 1.88. The third-order valence-electron chi connectivity index (χ3n) is 4.22. The Bertz CT molecular complexity index is 978. The third kappa shape index (κ3) is 3.48. The van der Waals surface area contributed by atoms with Crippen LogP contribution in [0.3, 0.4) is 0 Å². The molecule has 0 spiro atoms. The maximum absolute atomic E-state index is 12.6. The van der Waals surface area contributed by atoms with Gasteiger partial charge in [-0.15, -0.1) is 0 Å². The summed E-state index contributed by atoms with van der Waals surface area (Å²) in [6.45, 7) is 1.98. The molecule has 138 valence electrons. The number of nitrogens with one attached hydrogen (secondary N) is 1. The number of hydrazine groups is 1. The zero-order chi connectivity index (χ0) is 19.1. The van der Waals surface area contributed by atoms with Crippen LogP contribution in [0.5, 0.6) is 5.75 Å². The van der Waals surface area contributed by atoms with E-state index in [0.717, 1.165) is 23.4 Å². The van der Waals surface area contributed by atoms with Crippen LogP contribution in [-0.2, 0) is 16.4 Å². The van der Waals surface area contributed by atoms with Crippen LogP contribution in [0.2, 0.25) is 5.02 Å². The summed E-state index contributed by atoms with van der Waals surface area (Å²) in [7, 11) is -2.42. The predicted molar refractivity (Wildman–Crippen MR) is 98.9 cm³/mol. The molecule has 0 aromatic heterocycles. The van der Waals surface area contributed by atoms with Gasteiger partial charge in [0.1, 0.15) is 10.6 Å². The minimum absolute atomic E-state index is 0.0315. The second-order valence-electron chi connectivity index (χ2n) is 6.05. The van der Waals surface area contributed by atoms with Crippen LogP contribution in [0, 0.1) is 0 Å². The number of carbonyl (C=O) groups is 1. The number of amides is 1. The molecule has 0 radical (unpaired) electrons. The number of sulfonamides is 1. The average Bonchev–Trinajstić information content (AvgIpc) is 2.88. The number of primary sulfonamides is 1. The van der Waals surface area contributed by atoms with Crippen LogP contribution >= 0.6 is 11.6 Å². The summed E-state index contributed by atoms with van der Waals surface area (Å²) in [4.78, 5) is 12.3. The van der Waals surface area contributed by atoms with Crippen molar-refractivity contribution in [3.8, 4) is 5.75 Å². The molecule has 0 bridgehead atoms. The Hall–Kier alpha value is -2.29. The molecule has 0 fully saturated rings. The van der Waals surface area contributed by atoms with Gasteiger partial charge >= 0.3 is 0 Å². The lowest BCUT2D eigenvalue weighted by molar-refractivity contribution is 0.0946. The van der Waals surface area contributed by atoms with Gasteiger partial charge in [0.2, 0.25) is 10.0 Å². The summed E-state index contributed by atoms with van der Waals surface area (Å²) in [5.74, 6) is 0.293. The van der Waals surface area contributed by atoms with Gasteiger partial charge in [-0.1, -0.05) is 11.6 Å². The first kappa shape index (κ1) is 18.5. The monoisotopic (exact) mass is 395 g/mol. The number of rotatable bonds is 4. The molecule has 3 rings (SSSR count). The van der Waals surface area contributed by atoms with Gasteiger partial charge in [-0.25, -0.2) is 13.6 Å². The Kier molecular flexibility index (Phi) is 4.83. The van der Waals surface area contributed by atoms with Crippen LogP contribution in [0.1, 0.15) is 22.8 Å². The fraction of sp³-hybridized carbons (Fsp3) is 0.235. The second kappa shape index (κ2) is 6.79. The molecule has 3 N–H and O–H groups in total. The van der Waals surface area contributed by atoms with E-state index in [1.807, 2.05) is 25.1 Å². The second-order valence-corrected chi connectivity index (χ2v) is 7.99. The molecule has 0 saturated heterocycles. The number of nitrogens with zero attached hydrogens (tertiary/aromatic N) is 1. The number of fused-ring (bicyclic) bond motifs is 1. The Labute approximate surface area is 156 Å². The van der Waals surface area contributed by atoms with Crippen LogP contribution in [0.15, 0.2) is 41.3 Å². The van der Waals surface area contributed by atoms with Crippen molar-refractivity contribution in [1.82, 2.24) is 5.43 Å². The molecule has 0 aliphatic carbocycles. The lowest BCUT2D eigenvalue weighted by atomic mass is 10.1. The molecule has 7 nitrogen and oxygen atoms in total. The minimum Gasteiger partial charge on any atom is -0.497 e. The summed E-state index contributed by atoms with van der Waals surface area (Å²) in [5, 5.41) is 6.86. The van der Waals surface area contributed by atoms with Crippen LogP contribution < -0.4 is 20.3 Å². The molecule has 2 aromatic rings. The van der Waals surface area contributed by atoms with Gasteiger partial charge in [0, 0.05) is 5.56 Å². The molecule has 1 heterocycles. The number of carbonyl (C=O) groups excluding carboxylic acids is 1. The largest absolute Gasteiger partial charge is 0.497 e. The SMILES string of the molecule is COc1ccc2c(c1)CC(C)N2NC(=O)c1ccc(Cl)c(S(N)(=O)=O)c1. The number of halogens is 1. The van der Waals surface area contributed by atoms with Crippen molar-refractivity contribution >= 4 is 33.2 Å². The Morgan fingerprint density at radius 3 is 2.69 bits per heavy atom. The number of nitrogens with two attached hydrogens (primary N) is 1. The third-order valence-corrected chi connectivity index (χ3v) is 5.62. The zero-order valence-electron chi connectivity index (χ0n) is 14.2. The van der Waals surface area contributed by atoms with E-state index in [4.69, 9.17) is 21.5 Å². The molecule has 9 heteroatoms. The highest BCUT2D eigenvalue weighted by molar-refractivity contribution is 7.89. The molecular formula is C17H18ClN3O4S. The molecule has 1 atom stereocenters. The van der Waals surface area contributed by atoms with Gasteiger partial charge in [-0.3, -0.25) is 15.2 Å². The van der Waals surface area contributed by atoms with Gasteiger partial charge in [0.25, 0.3) is 5.91 Å². The van der Waals surface area contributed by atoms with E-state index in [2.05, 4.69) is 5.43 Å². The van der Waals surface area contributed by atoms with Crippen molar-refractivity contribution in [2.24, 2.45) is 5.14 Å². The molecule has 1 amide bonds. The first-order valence-electron chi connectivity index (χ1n) is 7.80. The van der Waals surface area contributed by atoms with Gasteiger partial charge in [0.15, 0.2) is 0 Å². The topological polar surface area (TPSA) is 102 Å². The summed E-state index contributed by atoms with van der Waals surface area (Å²) in [6.07, 6.45) is 0.746. The van der Waals surface area contributed by atoms with Crippen molar-refractivity contribution in [2.45, 2.75) is 24.3 Å². The van der Waals surface area contributed by atoms with E-state index >= 15 is 0 Å². The quantitative estimate of drug-likeness (QED) is 0.825. The normalized spacial score (nSPS) is 16.3. The van der Waals surface area contributed by atoms with Crippen molar-refractivity contribution in [2.75, 3.05) is 12.1 Å². The summed E-state index contributed by atoms with van der Waals surface area (Å²) in [5.41, 5.74) is 4.88. The fourth-order valence-electron chi connectivity index (χ4n) is 2.94. The highest BCUT2D eigenvalue weighted by Gasteiger charge is 2.28. The van der Waals surface area contributed by atoms with Crippen LogP contribution in [0.25, 0.3) is 0 Å². The maximum Gasteiger partial charge on any atom is 0.269 e. The minimum atomic E-state index is -4.02. The van der Waals surface area contributed by atoms with Crippen LogP contribution in [-0.4, -0.2) is 27.5 Å². The predicted octanol–water partition coefficient (Wildman–Crippen LogP) is 2.09. The average molecular weight is 396 g/mol. The van der Waals surface area contributed by atoms with E-state index in [1.165, 1.54) is 18.2 Å². The van der Waals surface area contributed by atoms with Crippen molar-refractivity contribution in [1.29, 1.82) is 0 Å². The van der Waals surface area contributed by atoms with Gasteiger partial charge in [0.05, 0.1) is 23.9 Å². The highest BCUT2D eigenvalue weighted by Crippen LogP contribution is 2.33. The first-order chi connectivity index (χ1) is 12.2. The Morgan fingerprint density at radius 2 is 2.04 bits per heavy atom. The summed E-state index contributed by atoms with van der Waals surface area (Å²) >= 11 is 5.86. The molecule has 1 aliphatic heterocycles. The van der Waals surface area contributed by atoms with E-state index in [1.54, 1.807) is 12.1 Å². The van der Waals surface area contributed by atoms with Crippen molar-refractivity contribution in [3.05, 3.63) is 52.5 Å². The van der Waals surface area contributed by atoms with Crippen molar-refractivity contribution < 1.29 is 17.9 Å².